The fraction of sp³-hybridized carbons (Fsp3) is 0.238. The van der Waals surface area contributed by atoms with E-state index in [2.05, 4.69) is 5.10 Å². The molecule has 1 aliphatic heterocycles. The van der Waals surface area contributed by atoms with Gasteiger partial charge in [-0.05, 0) is 55.8 Å². The molecule has 7 heteroatoms. The Morgan fingerprint density at radius 3 is 2.68 bits per heavy atom. The van der Waals surface area contributed by atoms with Gasteiger partial charge in [0.05, 0.1) is 23.1 Å². The summed E-state index contributed by atoms with van der Waals surface area (Å²) in [6, 6.07) is 11.7. The van der Waals surface area contributed by atoms with Crippen molar-refractivity contribution in [1.29, 1.82) is 0 Å². The third-order valence-corrected chi connectivity index (χ3v) is 4.79. The van der Waals surface area contributed by atoms with Crippen molar-refractivity contribution in [2.75, 3.05) is 13.3 Å². The minimum absolute atomic E-state index is 0.106. The SMILES string of the molecule is CCN(Cc1ccc2c(c1)OCO2)C(=O)c1cnn(-c2ccc(F)cc2)c1C. The lowest BCUT2D eigenvalue weighted by atomic mass is 10.1. The van der Waals surface area contributed by atoms with Crippen molar-refractivity contribution in [3.8, 4) is 17.2 Å². The van der Waals surface area contributed by atoms with Crippen molar-refractivity contribution < 1.29 is 18.7 Å². The zero-order chi connectivity index (χ0) is 19.7. The van der Waals surface area contributed by atoms with Crippen LogP contribution in [0.5, 0.6) is 11.5 Å². The first-order chi connectivity index (χ1) is 13.6. The number of rotatable bonds is 5. The van der Waals surface area contributed by atoms with E-state index in [9.17, 15) is 9.18 Å². The summed E-state index contributed by atoms with van der Waals surface area (Å²) in [7, 11) is 0. The number of aromatic nitrogens is 2. The summed E-state index contributed by atoms with van der Waals surface area (Å²) < 4.78 is 25.6. The molecule has 1 amide bonds. The Hall–Kier alpha value is -3.35. The van der Waals surface area contributed by atoms with Crippen molar-refractivity contribution in [2.45, 2.75) is 20.4 Å². The molecule has 6 nitrogen and oxygen atoms in total. The maximum atomic E-state index is 13.2. The highest BCUT2D eigenvalue weighted by atomic mass is 19.1. The second kappa shape index (κ2) is 7.34. The predicted molar refractivity (Wildman–Crippen MR) is 101 cm³/mol. The van der Waals surface area contributed by atoms with Crippen LogP contribution in [0.15, 0.2) is 48.7 Å². The lowest BCUT2D eigenvalue weighted by molar-refractivity contribution is 0.0751. The zero-order valence-corrected chi connectivity index (χ0v) is 15.7. The first kappa shape index (κ1) is 18.0. The van der Waals surface area contributed by atoms with Crippen LogP contribution < -0.4 is 9.47 Å². The third-order valence-electron chi connectivity index (χ3n) is 4.79. The Balaban J connectivity index is 1.56. The van der Waals surface area contributed by atoms with Crippen molar-refractivity contribution in [2.24, 2.45) is 0 Å². The number of benzene rings is 2. The summed E-state index contributed by atoms with van der Waals surface area (Å²) in [4.78, 5) is 14.8. The molecule has 0 spiro atoms. The maximum absolute atomic E-state index is 13.2. The highest BCUT2D eigenvalue weighted by Gasteiger charge is 2.21. The molecule has 3 aromatic rings. The molecule has 0 saturated carbocycles. The van der Waals surface area contributed by atoms with Gasteiger partial charge in [0, 0.05) is 13.1 Å². The number of nitrogens with zero attached hydrogens (tertiary/aromatic N) is 3. The van der Waals surface area contributed by atoms with Gasteiger partial charge in [0.2, 0.25) is 6.79 Å². The molecule has 0 fully saturated rings. The van der Waals surface area contributed by atoms with Gasteiger partial charge in [-0.3, -0.25) is 4.79 Å². The summed E-state index contributed by atoms with van der Waals surface area (Å²) in [5.74, 6) is 0.993. The van der Waals surface area contributed by atoms with E-state index in [1.165, 1.54) is 12.1 Å². The van der Waals surface area contributed by atoms with Crippen LogP contribution in [0.4, 0.5) is 4.39 Å². The summed E-state index contributed by atoms with van der Waals surface area (Å²) in [6.07, 6.45) is 1.56. The van der Waals surface area contributed by atoms with E-state index in [0.717, 1.165) is 11.3 Å². The molecule has 0 saturated heterocycles. The van der Waals surface area contributed by atoms with Crippen LogP contribution in [0.25, 0.3) is 5.69 Å². The van der Waals surface area contributed by atoms with Crippen molar-refractivity contribution in [1.82, 2.24) is 14.7 Å². The lowest BCUT2D eigenvalue weighted by Crippen LogP contribution is -2.30. The molecule has 144 valence electrons. The van der Waals surface area contributed by atoms with Crippen molar-refractivity contribution in [3.05, 3.63) is 71.3 Å². The van der Waals surface area contributed by atoms with E-state index in [4.69, 9.17) is 9.47 Å². The van der Waals surface area contributed by atoms with Crippen molar-refractivity contribution >= 4 is 5.91 Å². The number of ether oxygens (including phenoxy) is 2. The minimum atomic E-state index is -0.314. The smallest absolute Gasteiger partial charge is 0.257 e. The number of hydrogen-bond donors (Lipinski definition) is 0. The van der Waals surface area contributed by atoms with Crippen molar-refractivity contribution in [3.63, 3.8) is 0 Å². The summed E-state index contributed by atoms with van der Waals surface area (Å²) >= 11 is 0. The molecule has 0 N–H and O–H groups in total. The van der Waals surface area contributed by atoms with E-state index in [1.807, 2.05) is 32.0 Å². The van der Waals surface area contributed by atoms with Gasteiger partial charge in [-0.2, -0.15) is 5.10 Å². The van der Waals surface area contributed by atoms with Gasteiger partial charge in [0.15, 0.2) is 11.5 Å². The molecular formula is C21H20FN3O3. The molecular weight excluding hydrogens is 361 g/mol. The third kappa shape index (κ3) is 3.31. The van der Waals surface area contributed by atoms with Crippen LogP contribution >= 0.6 is 0 Å². The van der Waals surface area contributed by atoms with E-state index in [-0.39, 0.29) is 18.5 Å². The maximum Gasteiger partial charge on any atom is 0.257 e. The van der Waals surface area contributed by atoms with Crippen LogP contribution in [0.1, 0.15) is 28.5 Å². The fourth-order valence-electron chi connectivity index (χ4n) is 3.22. The molecule has 28 heavy (non-hydrogen) atoms. The van der Waals surface area contributed by atoms with Crippen LogP contribution in [0.2, 0.25) is 0 Å². The second-order valence-electron chi connectivity index (χ2n) is 6.54. The molecule has 0 unspecified atom stereocenters. The normalized spacial score (nSPS) is 12.2. The topological polar surface area (TPSA) is 56.6 Å². The molecule has 0 bridgehead atoms. The Morgan fingerprint density at radius 1 is 1.18 bits per heavy atom. The van der Waals surface area contributed by atoms with Gasteiger partial charge < -0.3 is 14.4 Å². The van der Waals surface area contributed by atoms with Gasteiger partial charge in [0.25, 0.3) is 5.91 Å². The molecule has 4 rings (SSSR count). The van der Waals surface area contributed by atoms with Gasteiger partial charge >= 0.3 is 0 Å². The monoisotopic (exact) mass is 381 g/mol. The molecule has 2 heterocycles. The Morgan fingerprint density at radius 2 is 1.93 bits per heavy atom. The second-order valence-corrected chi connectivity index (χ2v) is 6.54. The average Bonchev–Trinajstić information content (AvgIpc) is 3.32. The summed E-state index contributed by atoms with van der Waals surface area (Å²) in [6.45, 7) is 4.99. The lowest BCUT2D eigenvalue weighted by Gasteiger charge is -2.21. The molecule has 0 atom stereocenters. The van der Waals surface area contributed by atoms with Crippen LogP contribution in [0.3, 0.4) is 0 Å². The number of fused-ring (bicyclic) bond motifs is 1. The van der Waals surface area contributed by atoms with E-state index in [1.54, 1.807) is 27.9 Å². The Labute approximate surface area is 162 Å². The number of carbonyl (C=O) groups is 1. The summed E-state index contributed by atoms with van der Waals surface area (Å²) in [5.41, 5.74) is 2.90. The van der Waals surface area contributed by atoms with E-state index >= 15 is 0 Å². The van der Waals surface area contributed by atoms with Crippen LogP contribution in [-0.2, 0) is 6.54 Å². The van der Waals surface area contributed by atoms with Crippen LogP contribution in [0, 0.1) is 12.7 Å². The van der Waals surface area contributed by atoms with Gasteiger partial charge in [-0.1, -0.05) is 6.07 Å². The first-order valence-electron chi connectivity index (χ1n) is 9.05. The van der Waals surface area contributed by atoms with Gasteiger partial charge in [-0.15, -0.1) is 0 Å². The summed E-state index contributed by atoms with van der Waals surface area (Å²) in [5, 5.41) is 4.32. The minimum Gasteiger partial charge on any atom is -0.454 e. The standard InChI is InChI=1S/C21H20FN3O3/c1-3-24(12-15-4-9-19-20(10-15)28-13-27-19)21(26)18-11-23-25(14(18)2)17-7-5-16(22)6-8-17/h4-11H,3,12-13H2,1-2H3. The highest BCUT2D eigenvalue weighted by molar-refractivity contribution is 5.95. The van der Waals surface area contributed by atoms with E-state index < -0.39 is 0 Å². The molecule has 0 aliphatic carbocycles. The van der Waals surface area contributed by atoms with Gasteiger partial charge in [-0.25, -0.2) is 9.07 Å². The quantitative estimate of drug-likeness (QED) is 0.676. The van der Waals surface area contributed by atoms with Gasteiger partial charge in [0.1, 0.15) is 5.82 Å². The Kier molecular flexibility index (Phi) is 4.73. The molecule has 0 radical (unpaired) electrons. The Bertz CT molecular complexity index is 1010. The molecule has 2 aromatic carbocycles. The largest absolute Gasteiger partial charge is 0.454 e. The average molecular weight is 381 g/mol. The number of halogens is 1. The molecule has 1 aliphatic rings. The number of hydrogen-bond acceptors (Lipinski definition) is 4. The van der Waals surface area contributed by atoms with E-state index in [0.29, 0.717) is 35.8 Å². The molecule has 1 aromatic heterocycles. The number of amides is 1. The highest BCUT2D eigenvalue weighted by Crippen LogP contribution is 2.33. The van der Waals surface area contributed by atoms with Crippen LogP contribution in [-0.4, -0.2) is 33.9 Å². The zero-order valence-electron chi connectivity index (χ0n) is 15.7. The predicted octanol–water partition coefficient (Wildman–Crippen LogP) is 3.71. The first-order valence-corrected chi connectivity index (χ1v) is 9.05. The fourth-order valence-corrected chi connectivity index (χ4v) is 3.22. The number of carbonyl (C=O) groups excluding carboxylic acids is 1.